The van der Waals surface area contributed by atoms with Crippen LogP contribution < -0.4 is 29.4 Å². The van der Waals surface area contributed by atoms with Crippen LogP contribution in [-0.2, 0) is 9.13 Å². The SMILES string of the molecule is CC.CCCCCC.O.O=P([O-])([O-])[O-].O=P([O-])([O-])[O-]. The van der Waals surface area contributed by atoms with E-state index in [0.717, 1.165) is 0 Å². The fourth-order valence-electron chi connectivity index (χ4n) is 0.500. The van der Waals surface area contributed by atoms with Crippen LogP contribution in [0.5, 0.6) is 0 Å². The van der Waals surface area contributed by atoms with Gasteiger partial charge < -0.3 is 44.0 Å². The normalized spacial score (nSPS) is 9.37. The van der Waals surface area contributed by atoms with E-state index in [2.05, 4.69) is 13.8 Å². The highest BCUT2D eigenvalue weighted by atomic mass is 31.2. The van der Waals surface area contributed by atoms with Crippen LogP contribution in [0.1, 0.15) is 53.4 Å². The van der Waals surface area contributed by atoms with Gasteiger partial charge in [-0.15, -0.1) is 0 Å². The minimum atomic E-state index is -5.39. The van der Waals surface area contributed by atoms with Crippen LogP contribution in [0.4, 0.5) is 0 Å². The molecule has 0 saturated carbocycles. The van der Waals surface area contributed by atoms with Crippen LogP contribution in [0.25, 0.3) is 0 Å². The van der Waals surface area contributed by atoms with Gasteiger partial charge in [0.1, 0.15) is 0 Å². The molecule has 0 radical (unpaired) electrons. The molecule has 19 heavy (non-hydrogen) atoms. The molecule has 0 aliphatic heterocycles. The van der Waals surface area contributed by atoms with Gasteiger partial charge in [0.25, 0.3) is 0 Å². The van der Waals surface area contributed by atoms with E-state index in [-0.39, 0.29) is 5.48 Å². The third kappa shape index (κ3) is 471. The largest absolute Gasteiger partial charge is 0.822 e. The molecule has 2 N–H and O–H groups in total. The number of hydrogen-bond acceptors (Lipinski definition) is 8. The standard InChI is InChI=1S/C6H14.C2H6.2H3O4P.H2O/c1-3-5-6-4-2;1-2;2*1-5(2,3)4;/h3-6H2,1-2H3;1-2H3;2*(H3,1,2,3,4);1H2/p-6. The molecule has 0 aromatic carbocycles. The second kappa shape index (κ2) is 20.5. The fraction of sp³-hybridized carbons (Fsp3) is 1.00. The Morgan fingerprint density at radius 3 is 0.842 bits per heavy atom. The highest BCUT2D eigenvalue weighted by Gasteiger charge is 1.75. The Morgan fingerprint density at radius 2 is 0.789 bits per heavy atom. The van der Waals surface area contributed by atoms with Gasteiger partial charge in [0.2, 0.25) is 0 Å². The summed E-state index contributed by atoms with van der Waals surface area (Å²) in [5, 5.41) is 0. The zero-order valence-corrected chi connectivity index (χ0v) is 13.3. The molecule has 0 rings (SSSR count). The zero-order chi connectivity index (χ0) is 15.8. The van der Waals surface area contributed by atoms with Crippen molar-refractivity contribution in [1.29, 1.82) is 0 Å². The van der Waals surface area contributed by atoms with Gasteiger partial charge in [-0.1, -0.05) is 53.4 Å². The quantitative estimate of drug-likeness (QED) is 0.389. The topological polar surface area (TPSA) is 204 Å². The van der Waals surface area contributed by atoms with Gasteiger partial charge in [-0.25, -0.2) is 0 Å². The lowest BCUT2D eigenvalue weighted by Crippen LogP contribution is -2.24. The van der Waals surface area contributed by atoms with Crippen LogP contribution in [0.15, 0.2) is 0 Å². The summed E-state index contributed by atoms with van der Waals surface area (Å²) in [6.45, 7) is 8.46. The predicted octanol–water partition coefficient (Wildman–Crippen LogP) is -2.86. The number of rotatable bonds is 3. The van der Waals surface area contributed by atoms with Gasteiger partial charge in [0.05, 0.1) is 0 Å². The average molecular weight is 324 g/mol. The Morgan fingerprint density at radius 1 is 0.684 bits per heavy atom. The van der Waals surface area contributed by atoms with Crippen LogP contribution >= 0.6 is 15.6 Å². The molecular weight excluding hydrogens is 302 g/mol. The Labute approximate surface area is 114 Å². The first-order chi connectivity index (χ1) is 7.91. The molecule has 0 heterocycles. The van der Waals surface area contributed by atoms with Crippen LogP contribution in [-0.4, -0.2) is 5.48 Å². The van der Waals surface area contributed by atoms with Crippen molar-refractivity contribution < 1.29 is 44.0 Å². The van der Waals surface area contributed by atoms with E-state index < -0.39 is 15.6 Å². The summed E-state index contributed by atoms with van der Waals surface area (Å²) >= 11 is 0. The molecule has 0 unspecified atom stereocenters. The molecule has 0 amide bonds. The van der Waals surface area contributed by atoms with Crippen molar-refractivity contribution in [3.05, 3.63) is 0 Å². The van der Waals surface area contributed by atoms with Gasteiger partial charge >= 0.3 is 0 Å². The van der Waals surface area contributed by atoms with Crippen LogP contribution in [0, 0.1) is 0 Å². The summed E-state index contributed by atoms with van der Waals surface area (Å²) < 4.78 is 17.1. The van der Waals surface area contributed by atoms with E-state index in [9.17, 15) is 0 Å². The molecule has 124 valence electrons. The Balaban J connectivity index is -0.0000000474. The van der Waals surface area contributed by atoms with E-state index >= 15 is 0 Å². The highest BCUT2D eigenvalue weighted by molar-refractivity contribution is 7.40. The maximum absolute atomic E-state index is 8.55. The first-order valence-corrected chi connectivity index (χ1v) is 8.30. The van der Waals surface area contributed by atoms with Gasteiger partial charge in [-0.3, -0.25) is 0 Å². The number of hydrogen-bond donors (Lipinski definition) is 0. The van der Waals surface area contributed by atoms with Crippen molar-refractivity contribution >= 4 is 15.6 Å². The van der Waals surface area contributed by atoms with Gasteiger partial charge in [0.15, 0.2) is 0 Å². The molecule has 9 nitrogen and oxygen atoms in total. The summed E-state index contributed by atoms with van der Waals surface area (Å²) in [4.78, 5) is 51.3. The van der Waals surface area contributed by atoms with Gasteiger partial charge in [-0.05, 0) is 0 Å². The monoisotopic (exact) mass is 324 g/mol. The summed E-state index contributed by atoms with van der Waals surface area (Å²) in [5.74, 6) is 0. The smallest absolute Gasteiger partial charge is 0.0536 e. The lowest BCUT2D eigenvalue weighted by Gasteiger charge is -2.36. The Hall–Kier alpha value is 0.180. The molecule has 0 spiro atoms. The third-order valence-electron chi connectivity index (χ3n) is 0.957. The van der Waals surface area contributed by atoms with E-state index in [1.807, 2.05) is 13.8 Å². The Kier molecular flexibility index (Phi) is 34.0. The van der Waals surface area contributed by atoms with Crippen molar-refractivity contribution in [2.45, 2.75) is 53.4 Å². The molecule has 0 atom stereocenters. The molecule has 0 bridgehead atoms. The number of phosphoric acid groups is 2. The molecule has 11 heteroatoms. The first kappa shape index (κ1) is 31.5. The molecule has 0 aliphatic rings. The van der Waals surface area contributed by atoms with Crippen molar-refractivity contribution in [1.82, 2.24) is 0 Å². The van der Waals surface area contributed by atoms with Gasteiger partial charge in [0, 0.05) is 0 Å². The molecule has 0 aromatic rings. The molecule has 0 aromatic heterocycles. The van der Waals surface area contributed by atoms with E-state index in [4.69, 9.17) is 38.5 Å². The number of unbranched alkanes of at least 4 members (excludes halogenated alkanes) is 3. The molecular formula is C8H22O9P2-6. The fourth-order valence-corrected chi connectivity index (χ4v) is 0.500. The second-order valence-electron chi connectivity index (χ2n) is 2.60. The van der Waals surface area contributed by atoms with E-state index in [1.165, 1.54) is 25.7 Å². The summed E-state index contributed by atoms with van der Waals surface area (Å²) in [6, 6.07) is 0. The summed E-state index contributed by atoms with van der Waals surface area (Å²) in [7, 11) is -10.8. The maximum Gasteiger partial charge on any atom is -0.0536 e. The molecule has 0 fully saturated rings. The van der Waals surface area contributed by atoms with Crippen molar-refractivity contribution in [2.24, 2.45) is 0 Å². The lowest BCUT2D eigenvalue weighted by molar-refractivity contribution is -0.434. The first-order valence-electron chi connectivity index (χ1n) is 5.37. The summed E-state index contributed by atoms with van der Waals surface area (Å²) in [6.07, 6.45) is 5.54. The molecule has 0 saturated heterocycles. The molecule has 0 aliphatic carbocycles. The highest BCUT2D eigenvalue weighted by Crippen LogP contribution is 2.03. The minimum absolute atomic E-state index is 0. The average Bonchev–Trinajstić information content (AvgIpc) is 2.12. The Bertz CT molecular complexity index is 182. The predicted molar refractivity (Wildman–Crippen MR) is 60.0 cm³/mol. The lowest BCUT2D eigenvalue weighted by atomic mass is 10.2. The maximum atomic E-state index is 8.55. The van der Waals surface area contributed by atoms with Crippen molar-refractivity contribution in [3.63, 3.8) is 0 Å². The second-order valence-corrected chi connectivity index (χ2v) is 4.39. The van der Waals surface area contributed by atoms with Crippen LogP contribution in [0.3, 0.4) is 0 Å². The van der Waals surface area contributed by atoms with E-state index in [0.29, 0.717) is 0 Å². The zero-order valence-electron chi connectivity index (χ0n) is 11.5. The van der Waals surface area contributed by atoms with Gasteiger partial charge in [-0.2, -0.15) is 15.6 Å². The van der Waals surface area contributed by atoms with Crippen molar-refractivity contribution in [3.8, 4) is 0 Å². The van der Waals surface area contributed by atoms with Crippen molar-refractivity contribution in [2.75, 3.05) is 0 Å². The third-order valence-corrected chi connectivity index (χ3v) is 0.957. The van der Waals surface area contributed by atoms with Crippen LogP contribution in [0.2, 0.25) is 0 Å². The van der Waals surface area contributed by atoms with E-state index in [1.54, 1.807) is 0 Å². The summed E-state index contributed by atoms with van der Waals surface area (Å²) in [5.41, 5.74) is 0. The minimum Gasteiger partial charge on any atom is -0.822 e.